The molecule has 1 aromatic carbocycles. The second kappa shape index (κ2) is 7.65. The fourth-order valence-electron chi connectivity index (χ4n) is 1.90. The van der Waals surface area contributed by atoms with Gasteiger partial charge in [0.1, 0.15) is 5.75 Å². The predicted octanol–water partition coefficient (Wildman–Crippen LogP) is 3.20. The highest BCUT2D eigenvalue weighted by molar-refractivity contribution is 5.28. The van der Waals surface area contributed by atoms with Crippen LogP contribution in [0.15, 0.2) is 48.8 Å². The van der Waals surface area contributed by atoms with Gasteiger partial charge in [-0.3, -0.25) is 4.98 Å². The summed E-state index contributed by atoms with van der Waals surface area (Å²) in [5.41, 5.74) is 2.45. The van der Waals surface area contributed by atoms with Crippen LogP contribution in [0, 0.1) is 0 Å². The van der Waals surface area contributed by atoms with Crippen LogP contribution in [0.4, 0.5) is 0 Å². The number of aromatic nitrogens is 1. The summed E-state index contributed by atoms with van der Waals surface area (Å²) in [5, 5.41) is 3.41. The van der Waals surface area contributed by atoms with E-state index in [1.165, 1.54) is 11.1 Å². The molecule has 0 atom stereocenters. The van der Waals surface area contributed by atoms with E-state index in [2.05, 4.69) is 42.3 Å². The quantitative estimate of drug-likeness (QED) is 0.839. The molecular weight excluding hydrogens is 248 g/mol. The highest BCUT2D eigenvalue weighted by Crippen LogP contribution is 2.14. The lowest BCUT2D eigenvalue weighted by Gasteiger charge is -2.10. The van der Waals surface area contributed by atoms with Gasteiger partial charge in [-0.25, -0.2) is 0 Å². The number of pyridine rings is 1. The lowest BCUT2D eigenvalue weighted by atomic mass is 10.2. The van der Waals surface area contributed by atoms with Gasteiger partial charge in [0, 0.05) is 31.4 Å². The highest BCUT2D eigenvalue weighted by atomic mass is 16.5. The molecule has 0 aliphatic rings. The molecule has 0 unspecified atom stereocenters. The minimum absolute atomic E-state index is 0.491. The van der Waals surface area contributed by atoms with E-state index in [9.17, 15) is 0 Å². The third-order valence-corrected chi connectivity index (χ3v) is 3.00. The first-order valence-corrected chi connectivity index (χ1v) is 7.08. The molecular formula is C17H22N2O. The molecule has 0 saturated carbocycles. The summed E-state index contributed by atoms with van der Waals surface area (Å²) in [5.74, 6) is 0.928. The van der Waals surface area contributed by atoms with E-state index in [-0.39, 0.29) is 0 Å². The largest absolute Gasteiger partial charge is 0.493 e. The molecule has 2 rings (SSSR count). The Morgan fingerprint density at radius 3 is 2.75 bits per heavy atom. The Balaban J connectivity index is 1.82. The molecule has 106 valence electrons. The molecule has 0 saturated heterocycles. The van der Waals surface area contributed by atoms with Crippen LogP contribution in [-0.4, -0.2) is 17.6 Å². The standard InChI is InChI=1S/C17H22N2O/c1-14(2)19-13-16-5-3-7-17(11-16)20-10-8-15-6-4-9-18-12-15/h3-7,9,11-12,14,19H,8,10,13H2,1-2H3. The lowest BCUT2D eigenvalue weighted by molar-refractivity contribution is 0.321. The Labute approximate surface area is 121 Å². The Morgan fingerprint density at radius 2 is 2.00 bits per heavy atom. The molecule has 1 N–H and O–H groups in total. The van der Waals surface area contributed by atoms with Gasteiger partial charge in [-0.2, -0.15) is 0 Å². The van der Waals surface area contributed by atoms with Crippen LogP contribution in [0.5, 0.6) is 5.75 Å². The van der Waals surface area contributed by atoms with Crippen molar-refractivity contribution in [1.29, 1.82) is 0 Å². The van der Waals surface area contributed by atoms with Crippen LogP contribution in [-0.2, 0) is 13.0 Å². The molecule has 2 aromatic rings. The zero-order valence-electron chi connectivity index (χ0n) is 12.2. The van der Waals surface area contributed by atoms with E-state index in [0.29, 0.717) is 12.6 Å². The summed E-state index contributed by atoms with van der Waals surface area (Å²) in [6, 6.07) is 12.8. The Bertz CT molecular complexity index is 511. The van der Waals surface area contributed by atoms with Crippen molar-refractivity contribution in [3.05, 3.63) is 59.9 Å². The molecule has 1 heterocycles. The van der Waals surface area contributed by atoms with Crippen LogP contribution in [0.3, 0.4) is 0 Å². The number of nitrogens with zero attached hydrogens (tertiary/aromatic N) is 1. The van der Waals surface area contributed by atoms with Gasteiger partial charge in [0.2, 0.25) is 0 Å². The number of hydrogen-bond acceptors (Lipinski definition) is 3. The van der Waals surface area contributed by atoms with Crippen molar-refractivity contribution in [3.63, 3.8) is 0 Å². The van der Waals surface area contributed by atoms with Crippen LogP contribution in [0.25, 0.3) is 0 Å². The normalized spacial score (nSPS) is 10.8. The maximum Gasteiger partial charge on any atom is 0.119 e. The summed E-state index contributed by atoms with van der Waals surface area (Å²) in [4.78, 5) is 4.10. The van der Waals surface area contributed by atoms with Gasteiger partial charge in [0.05, 0.1) is 6.61 Å². The van der Waals surface area contributed by atoms with Crippen molar-refractivity contribution in [2.45, 2.75) is 32.9 Å². The van der Waals surface area contributed by atoms with Crippen molar-refractivity contribution >= 4 is 0 Å². The summed E-state index contributed by atoms with van der Waals surface area (Å²) < 4.78 is 5.80. The topological polar surface area (TPSA) is 34.1 Å². The molecule has 3 heteroatoms. The predicted molar refractivity (Wildman–Crippen MR) is 81.9 cm³/mol. The molecule has 0 amide bonds. The first-order chi connectivity index (χ1) is 9.74. The Kier molecular flexibility index (Phi) is 5.56. The van der Waals surface area contributed by atoms with Crippen LogP contribution in [0.2, 0.25) is 0 Å². The van der Waals surface area contributed by atoms with Gasteiger partial charge in [0.15, 0.2) is 0 Å². The van der Waals surface area contributed by atoms with E-state index in [1.54, 1.807) is 6.20 Å². The van der Waals surface area contributed by atoms with Crippen LogP contribution >= 0.6 is 0 Å². The summed E-state index contributed by atoms with van der Waals surface area (Å²) >= 11 is 0. The molecule has 1 aromatic heterocycles. The number of rotatable bonds is 7. The van der Waals surface area contributed by atoms with Gasteiger partial charge in [-0.1, -0.05) is 32.0 Å². The van der Waals surface area contributed by atoms with E-state index >= 15 is 0 Å². The molecule has 0 fully saturated rings. The van der Waals surface area contributed by atoms with Gasteiger partial charge >= 0.3 is 0 Å². The Morgan fingerprint density at radius 1 is 1.15 bits per heavy atom. The smallest absolute Gasteiger partial charge is 0.119 e. The van der Waals surface area contributed by atoms with E-state index in [0.717, 1.165) is 18.7 Å². The molecule has 0 radical (unpaired) electrons. The summed E-state index contributed by atoms with van der Waals surface area (Å²) in [6.07, 6.45) is 4.55. The molecule has 0 aliphatic heterocycles. The SMILES string of the molecule is CC(C)NCc1cccc(OCCc2cccnc2)c1. The van der Waals surface area contributed by atoms with Crippen molar-refractivity contribution in [1.82, 2.24) is 10.3 Å². The third-order valence-electron chi connectivity index (χ3n) is 3.00. The number of ether oxygens (including phenoxy) is 1. The maximum absolute atomic E-state index is 5.80. The summed E-state index contributed by atoms with van der Waals surface area (Å²) in [6.45, 7) is 5.84. The zero-order valence-corrected chi connectivity index (χ0v) is 12.2. The monoisotopic (exact) mass is 270 g/mol. The van der Waals surface area contributed by atoms with Gasteiger partial charge in [0.25, 0.3) is 0 Å². The second-order valence-corrected chi connectivity index (χ2v) is 5.14. The van der Waals surface area contributed by atoms with Gasteiger partial charge < -0.3 is 10.1 Å². The van der Waals surface area contributed by atoms with Crippen molar-refractivity contribution < 1.29 is 4.74 Å². The Hall–Kier alpha value is -1.87. The maximum atomic E-state index is 5.80. The third kappa shape index (κ3) is 5.02. The van der Waals surface area contributed by atoms with Crippen molar-refractivity contribution in [2.75, 3.05) is 6.61 Å². The average molecular weight is 270 g/mol. The molecule has 0 spiro atoms. The molecule has 0 aliphatic carbocycles. The first-order valence-electron chi connectivity index (χ1n) is 7.08. The minimum atomic E-state index is 0.491. The molecule has 20 heavy (non-hydrogen) atoms. The highest BCUT2D eigenvalue weighted by Gasteiger charge is 1.99. The van der Waals surface area contributed by atoms with Gasteiger partial charge in [-0.05, 0) is 29.3 Å². The summed E-state index contributed by atoms with van der Waals surface area (Å²) in [7, 11) is 0. The molecule has 3 nitrogen and oxygen atoms in total. The lowest BCUT2D eigenvalue weighted by Crippen LogP contribution is -2.21. The van der Waals surface area contributed by atoms with E-state index in [4.69, 9.17) is 4.74 Å². The average Bonchev–Trinajstić information content (AvgIpc) is 2.47. The number of hydrogen-bond donors (Lipinski definition) is 1. The van der Waals surface area contributed by atoms with E-state index in [1.807, 2.05) is 24.4 Å². The van der Waals surface area contributed by atoms with Crippen molar-refractivity contribution in [2.24, 2.45) is 0 Å². The van der Waals surface area contributed by atoms with Gasteiger partial charge in [-0.15, -0.1) is 0 Å². The second-order valence-electron chi connectivity index (χ2n) is 5.14. The number of benzene rings is 1. The van der Waals surface area contributed by atoms with Crippen LogP contribution < -0.4 is 10.1 Å². The fourth-order valence-corrected chi connectivity index (χ4v) is 1.90. The van der Waals surface area contributed by atoms with E-state index < -0.39 is 0 Å². The minimum Gasteiger partial charge on any atom is -0.493 e. The van der Waals surface area contributed by atoms with Crippen LogP contribution in [0.1, 0.15) is 25.0 Å². The molecule has 0 bridgehead atoms. The first kappa shape index (κ1) is 14.5. The fraction of sp³-hybridized carbons (Fsp3) is 0.353. The zero-order chi connectivity index (χ0) is 14.2. The van der Waals surface area contributed by atoms with Crippen molar-refractivity contribution in [3.8, 4) is 5.75 Å². The number of nitrogens with one attached hydrogen (secondary N) is 1.